The van der Waals surface area contributed by atoms with Gasteiger partial charge in [-0.2, -0.15) is 0 Å². The van der Waals surface area contributed by atoms with Gasteiger partial charge in [-0.1, -0.05) is 25.0 Å². The first kappa shape index (κ1) is 14.0. The minimum Gasteiger partial charge on any atom is -0.312 e. The number of rotatable bonds is 3. The largest absolute Gasteiger partial charge is 0.312 e. The zero-order chi connectivity index (χ0) is 14.2. The Morgan fingerprint density at radius 3 is 2.75 bits per heavy atom. The van der Waals surface area contributed by atoms with Crippen LogP contribution in [0.25, 0.3) is 0 Å². The van der Waals surface area contributed by atoms with Crippen molar-refractivity contribution in [2.75, 3.05) is 6.54 Å². The van der Waals surface area contributed by atoms with E-state index in [1.807, 2.05) is 19.1 Å². The number of hydrogen-bond acceptors (Lipinski definition) is 3. The second-order valence-corrected chi connectivity index (χ2v) is 7.84. The van der Waals surface area contributed by atoms with Gasteiger partial charge < -0.3 is 5.32 Å². The third kappa shape index (κ3) is 2.62. The molecule has 0 aromatic heterocycles. The Hall–Kier alpha value is -0.910. The minimum atomic E-state index is -3.42. The molecular weight excluding hydrogens is 272 g/mol. The second kappa shape index (κ2) is 5.13. The van der Waals surface area contributed by atoms with Gasteiger partial charge >= 0.3 is 0 Å². The van der Waals surface area contributed by atoms with Crippen molar-refractivity contribution in [2.45, 2.75) is 56.0 Å². The summed E-state index contributed by atoms with van der Waals surface area (Å²) in [6.07, 6.45) is 4.86. The second-order valence-electron chi connectivity index (χ2n) is 6.19. The molecule has 5 heteroatoms. The fourth-order valence-corrected chi connectivity index (χ4v) is 5.16. The molecule has 0 spiro atoms. The number of sulfonamides is 1. The van der Waals surface area contributed by atoms with E-state index in [2.05, 4.69) is 10.0 Å². The van der Waals surface area contributed by atoms with Crippen molar-refractivity contribution in [3.63, 3.8) is 0 Å². The van der Waals surface area contributed by atoms with Gasteiger partial charge in [0.05, 0.1) is 4.90 Å². The van der Waals surface area contributed by atoms with Gasteiger partial charge in [0.25, 0.3) is 0 Å². The molecule has 1 aromatic rings. The number of fused-ring (bicyclic) bond motifs is 1. The molecule has 2 N–H and O–H groups in total. The van der Waals surface area contributed by atoms with E-state index in [1.54, 1.807) is 6.07 Å². The van der Waals surface area contributed by atoms with Crippen LogP contribution in [0.1, 0.15) is 43.7 Å². The third-order valence-electron chi connectivity index (χ3n) is 4.47. The molecular formula is C15H22N2O2S. The topological polar surface area (TPSA) is 58.2 Å². The van der Waals surface area contributed by atoms with Crippen LogP contribution in [0.2, 0.25) is 0 Å². The first-order chi connectivity index (χ1) is 9.50. The van der Waals surface area contributed by atoms with Crippen molar-refractivity contribution < 1.29 is 8.42 Å². The Morgan fingerprint density at radius 2 is 2.00 bits per heavy atom. The Labute approximate surface area is 121 Å². The average molecular weight is 294 g/mol. The number of nitrogens with one attached hydrogen (secondary N) is 2. The molecule has 0 bridgehead atoms. The highest BCUT2D eigenvalue weighted by Gasteiger charge is 2.34. The van der Waals surface area contributed by atoms with Crippen LogP contribution in [0.4, 0.5) is 0 Å². The van der Waals surface area contributed by atoms with Crippen molar-refractivity contribution in [3.05, 3.63) is 29.3 Å². The summed E-state index contributed by atoms with van der Waals surface area (Å²) >= 11 is 0. The molecule has 4 nitrogen and oxygen atoms in total. The fraction of sp³-hybridized carbons (Fsp3) is 0.600. The molecule has 0 amide bonds. The molecule has 0 unspecified atom stereocenters. The first-order valence-corrected chi connectivity index (χ1v) is 8.84. The molecule has 0 radical (unpaired) electrons. The molecule has 1 aromatic carbocycles. The molecule has 3 rings (SSSR count). The summed E-state index contributed by atoms with van der Waals surface area (Å²) in [6.45, 7) is 3.63. The Bertz CT molecular complexity index is 604. The van der Waals surface area contributed by atoms with Gasteiger partial charge in [0.15, 0.2) is 0 Å². The van der Waals surface area contributed by atoms with Crippen LogP contribution in [-0.4, -0.2) is 20.5 Å². The maximum atomic E-state index is 12.7. The summed E-state index contributed by atoms with van der Waals surface area (Å²) in [6, 6.07) is 5.60. The smallest absolute Gasteiger partial charge is 0.241 e. The first-order valence-electron chi connectivity index (χ1n) is 7.36. The molecule has 1 aliphatic carbocycles. The predicted molar refractivity (Wildman–Crippen MR) is 79.0 cm³/mol. The summed E-state index contributed by atoms with van der Waals surface area (Å²) in [4.78, 5) is 0.477. The van der Waals surface area contributed by atoms with Gasteiger partial charge in [-0.15, -0.1) is 0 Å². The lowest BCUT2D eigenvalue weighted by Gasteiger charge is -2.27. The van der Waals surface area contributed by atoms with E-state index in [-0.39, 0.29) is 5.54 Å². The van der Waals surface area contributed by atoms with E-state index in [1.165, 1.54) is 0 Å². The standard InChI is InChI=1S/C15H22N2O2S/c1-15(8-2-3-9-15)17-20(18,19)14-6-4-5-12-11-16-10-7-13(12)14/h4-6,16-17H,2-3,7-11H2,1H3. The summed E-state index contributed by atoms with van der Waals surface area (Å²) in [5, 5.41) is 3.28. The highest BCUT2D eigenvalue weighted by atomic mass is 32.2. The van der Waals surface area contributed by atoms with Crippen molar-refractivity contribution in [3.8, 4) is 0 Å². The van der Waals surface area contributed by atoms with Gasteiger partial charge in [-0.05, 0) is 49.9 Å². The molecule has 0 atom stereocenters. The normalized spacial score (nSPS) is 21.6. The maximum absolute atomic E-state index is 12.7. The van der Waals surface area contributed by atoms with E-state index < -0.39 is 10.0 Å². The monoisotopic (exact) mass is 294 g/mol. The van der Waals surface area contributed by atoms with E-state index in [0.717, 1.165) is 56.3 Å². The zero-order valence-corrected chi connectivity index (χ0v) is 12.7. The van der Waals surface area contributed by atoms with Crippen LogP contribution < -0.4 is 10.0 Å². The quantitative estimate of drug-likeness (QED) is 0.896. The molecule has 110 valence electrons. The molecule has 0 saturated heterocycles. The summed E-state index contributed by atoms with van der Waals surface area (Å²) in [5.41, 5.74) is 1.82. The Kier molecular flexibility index (Phi) is 3.60. The molecule has 20 heavy (non-hydrogen) atoms. The summed E-state index contributed by atoms with van der Waals surface area (Å²) in [5.74, 6) is 0. The van der Waals surface area contributed by atoms with Crippen LogP contribution in [0.15, 0.2) is 23.1 Å². The van der Waals surface area contributed by atoms with E-state index in [9.17, 15) is 8.42 Å². The van der Waals surface area contributed by atoms with E-state index in [4.69, 9.17) is 0 Å². The van der Waals surface area contributed by atoms with Gasteiger partial charge in [0.1, 0.15) is 0 Å². The van der Waals surface area contributed by atoms with Crippen LogP contribution in [0, 0.1) is 0 Å². The highest BCUT2D eigenvalue weighted by Crippen LogP contribution is 2.31. The van der Waals surface area contributed by atoms with Gasteiger partial charge in [-0.25, -0.2) is 13.1 Å². The molecule has 1 heterocycles. The van der Waals surface area contributed by atoms with E-state index >= 15 is 0 Å². The maximum Gasteiger partial charge on any atom is 0.241 e. The molecule has 1 fully saturated rings. The van der Waals surface area contributed by atoms with Crippen LogP contribution in [0.3, 0.4) is 0 Å². The van der Waals surface area contributed by atoms with Gasteiger partial charge in [-0.3, -0.25) is 0 Å². The summed E-state index contributed by atoms with van der Waals surface area (Å²) in [7, 11) is -3.42. The van der Waals surface area contributed by atoms with Crippen LogP contribution in [0.5, 0.6) is 0 Å². The van der Waals surface area contributed by atoms with Gasteiger partial charge in [0.2, 0.25) is 10.0 Å². The van der Waals surface area contributed by atoms with Crippen molar-refractivity contribution >= 4 is 10.0 Å². The molecule has 1 saturated carbocycles. The Morgan fingerprint density at radius 1 is 1.25 bits per heavy atom. The predicted octanol–water partition coefficient (Wildman–Crippen LogP) is 1.94. The lowest BCUT2D eigenvalue weighted by molar-refractivity contribution is 0.427. The third-order valence-corrected chi connectivity index (χ3v) is 6.20. The highest BCUT2D eigenvalue weighted by molar-refractivity contribution is 7.89. The van der Waals surface area contributed by atoms with Crippen molar-refractivity contribution in [2.24, 2.45) is 0 Å². The average Bonchev–Trinajstić information content (AvgIpc) is 2.83. The number of hydrogen-bond donors (Lipinski definition) is 2. The molecule has 1 aliphatic heterocycles. The Balaban J connectivity index is 1.95. The van der Waals surface area contributed by atoms with Crippen molar-refractivity contribution in [1.29, 1.82) is 0 Å². The van der Waals surface area contributed by atoms with Crippen LogP contribution in [-0.2, 0) is 23.0 Å². The van der Waals surface area contributed by atoms with E-state index in [0.29, 0.717) is 4.90 Å². The zero-order valence-electron chi connectivity index (χ0n) is 11.9. The lowest BCUT2D eigenvalue weighted by Crippen LogP contribution is -2.44. The summed E-state index contributed by atoms with van der Waals surface area (Å²) < 4.78 is 28.4. The molecule has 2 aliphatic rings. The van der Waals surface area contributed by atoms with Crippen molar-refractivity contribution in [1.82, 2.24) is 10.0 Å². The lowest BCUT2D eigenvalue weighted by atomic mass is 10.0. The SMILES string of the molecule is CC1(NS(=O)(=O)c2cccc3c2CCNC3)CCCC1. The van der Waals surface area contributed by atoms with Crippen LogP contribution >= 0.6 is 0 Å². The minimum absolute atomic E-state index is 0.269. The number of benzene rings is 1. The van der Waals surface area contributed by atoms with Gasteiger partial charge in [0, 0.05) is 12.1 Å². The fourth-order valence-electron chi connectivity index (χ4n) is 3.39.